The van der Waals surface area contributed by atoms with Crippen LogP contribution in [0, 0.1) is 5.82 Å². The molecule has 1 heterocycles. The van der Waals surface area contributed by atoms with Crippen LogP contribution in [-0.2, 0) is 16.1 Å². The molecule has 2 amide bonds. The first-order valence-electron chi connectivity index (χ1n) is 8.32. The van der Waals surface area contributed by atoms with Crippen LogP contribution in [-0.4, -0.2) is 26.6 Å². The smallest absolute Gasteiger partial charge is 0.316 e. The van der Waals surface area contributed by atoms with Gasteiger partial charge in [-0.15, -0.1) is 5.10 Å². The highest BCUT2D eigenvalue weighted by Crippen LogP contribution is 2.12. The lowest BCUT2D eigenvalue weighted by molar-refractivity contribution is -0.136. The first-order chi connectivity index (χ1) is 13.0. The second-order valence-electron chi connectivity index (χ2n) is 5.95. The summed E-state index contributed by atoms with van der Waals surface area (Å²) in [6, 6.07) is 14.9. The molecule has 0 radical (unpaired) electrons. The first-order valence-corrected chi connectivity index (χ1v) is 8.32. The number of hydrogen-bond acceptors (Lipinski definition) is 4. The Bertz CT molecular complexity index is 925. The summed E-state index contributed by atoms with van der Waals surface area (Å²) >= 11 is 0. The molecule has 1 atom stereocenters. The van der Waals surface area contributed by atoms with E-state index in [0.29, 0.717) is 12.1 Å². The van der Waals surface area contributed by atoms with Crippen LogP contribution in [0.4, 0.5) is 10.3 Å². The van der Waals surface area contributed by atoms with E-state index in [9.17, 15) is 14.0 Å². The Hall–Kier alpha value is -3.55. The molecule has 0 spiro atoms. The number of aromatic nitrogens is 3. The molecule has 0 aliphatic heterocycles. The fourth-order valence-corrected chi connectivity index (χ4v) is 2.45. The number of carbonyl (C=O) groups excluding carboxylic acids is 2. The van der Waals surface area contributed by atoms with Crippen LogP contribution < -0.4 is 10.6 Å². The molecular weight excluding hydrogens is 349 g/mol. The van der Waals surface area contributed by atoms with E-state index in [0.717, 1.165) is 5.56 Å². The maximum absolute atomic E-state index is 13.0. The van der Waals surface area contributed by atoms with E-state index in [1.807, 2.05) is 30.3 Å². The van der Waals surface area contributed by atoms with E-state index in [4.69, 9.17) is 0 Å². The first kappa shape index (κ1) is 18.2. The molecule has 138 valence electrons. The fraction of sp³-hybridized carbons (Fsp3) is 0.158. The lowest BCUT2D eigenvalue weighted by atomic mass is 10.1. The molecule has 0 saturated heterocycles. The average molecular weight is 367 g/mol. The second-order valence-corrected chi connectivity index (χ2v) is 5.95. The van der Waals surface area contributed by atoms with Crippen molar-refractivity contribution in [2.24, 2.45) is 0 Å². The van der Waals surface area contributed by atoms with Crippen LogP contribution >= 0.6 is 0 Å². The molecule has 3 rings (SSSR count). The summed E-state index contributed by atoms with van der Waals surface area (Å²) < 4.78 is 14.5. The summed E-state index contributed by atoms with van der Waals surface area (Å²) in [5.74, 6) is -2.03. The highest BCUT2D eigenvalue weighted by Gasteiger charge is 2.18. The lowest BCUT2D eigenvalue weighted by Crippen LogP contribution is -2.37. The Labute approximate surface area is 155 Å². The van der Waals surface area contributed by atoms with E-state index in [1.54, 1.807) is 23.7 Å². The maximum atomic E-state index is 13.0. The third kappa shape index (κ3) is 4.97. The van der Waals surface area contributed by atoms with Gasteiger partial charge in [-0.3, -0.25) is 14.9 Å². The SMILES string of the molecule is C[C@H](NC(=O)C(=O)Nc1ncn(Cc2ccccc2)n1)c1ccc(F)cc1. The van der Waals surface area contributed by atoms with E-state index < -0.39 is 17.9 Å². The van der Waals surface area contributed by atoms with Crippen molar-refractivity contribution in [1.29, 1.82) is 0 Å². The van der Waals surface area contributed by atoms with Crippen LogP contribution in [0.5, 0.6) is 0 Å². The van der Waals surface area contributed by atoms with Gasteiger partial charge in [0.1, 0.15) is 12.1 Å². The number of nitrogens with one attached hydrogen (secondary N) is 2. The van der Waals surface area contributed by atoms with Crippen molar-refractivity contribution in [2.45, 2.75) is 19.5 Å². The molecule has 0 aliphatic rings. The Balaban J connectivity index is 1.55. The highest BCUT2D eigenvalue weighted by atomic mass is 19.1. The van der Waals surface area contributed by atoms with Crippen LogP contribution in [0.1, 0.15) is 24.1 Å². The van der Waals surface area contributed by atoms with Crippen LogP contribution in [0.2, 0.25) is 0 Å². The van der Waals surface area contributed by atoms with Crippen molar-refractivity contribution in [3.63, 3.8) is 0 Å². The van der Waals surface area contributed by atoms with Gasteiger partial charge in [0.2, 0.25) is 5.95 Å². The molecule has 0 aliphatic carbocycles. The summed E-state index contributed by atoms with van der Waals surface area (Å²) in [4.78, 5) is 28.0. The van der Waals surface area contributed by atoms with Crippen molar-refractivity contribution in [3.05, 3.63) is 77.9 Å². The summed E-state index contributed by atoms with van der Waals surface area (Å²) in [6.07, 6.45) is 1.47. The van der Waals surface area contributed by atoms with Crippen molar-refractivity contribution >= 4 is 17.8 Å². The molecular formula is C19H18FN5O2. The monoisotopic (exact) mass is 367 g/mol. The third-order valence-corrected chi connectivity index (χ3v) is 3.87. The van der Waals surface area contributed by atoms with E-state index >= 15 is 0 Å². The molecule has 0 fully saturated rings. The lowest BCUT2D eigenvalue weighted by Gasteiger charge is -2.13. The summed E-state index contributed by atoms with van der Waals surface area (Å²) in [7, 11) is 0. The number of rotatable bonds is 5. The topological polar surface area (TPSA) is 88.9 Å². The third-order valence-electron chi connectivity index (χ3n) is 3.87. The van der Waals surface area contributed by atoms with Gasteiger partial charge in [0.25, 0.3) is 0 Å². The zero-order chi connectivity index (χ0) is 19.2. The summed E-state index contributed by atoms with van der Waals surface area (Å²) in [6.45, 7) is 2.20. The molecule has 2 N–H and O–H groups in total. The Morgan fingerprint density at radius 2 is 1.78 bits per heavy atom. The van der Waals surface area contributed by atoms with Crippen LogP contribution in [0.25, 0.3) is 0 Å². The van der Waals surface area contributed by atoms with Gasteiger partial charge in [-0.1, -0.05) is 42.5 Å². The highest BCUT2D eigenvalue weighted by molar-refractivity contribution is 6.39. The minimum atomic E-state index is -0.874. The van der Waals surface area contributed by atoms with Crippen molar-refractivity contribution in [2.75, 3.05) is 5.32 Å². The fourth-order valence-electron chi connectivity index (χ4n) is 2.45. The van der Waals surface area contributed by atoms with Gasteiger partial charge < -0.3 is 5.32 Å². The molecule has 0 unspecified atom stereocenters. The molecule has 1 aromatic heterocycles. The van der Waals surface area contributed by atoms with Crippen molar-refractivity contribution in [3.8, 4) is 0 Å². The van der Waals surface area contributed by atoms with E-state index in [2.05, 4.69) is 20.7 Å². The number of benzene rings is 2. The zero-order valence-corrected chi connectivity index (χ0v) is 14.6. The summed E-state index contributed by atoms with van der Waals surface area (Å²) in [5.41, 5.74) is 1.72. The Morgan fingerprint density at radius 3 is 2.48 bits per heavy atom. The van der Waals surface area contributed by atoms with Gasteiger partial charge in [0.05, 0.1) is 12.6 Å². The van der Waals surface area contributed by atoms with Gasteiger partial charge >= 0.3 is 11.8 Å². The Morgan fingerprint density at radius 1 is 1.07 bits per heavy atom. The second kappa shape index (κ2) is 8.22. The number of nitrogens with zero attached hydrogens (tertiary/aromatic N) is 3. The molecule has 27 heavy (non-hydrogen) atoms. The predicted octanol–water partition coefficient (Wildman–Crippen LogP) is 2.28. The Kier molecular flexibility index (Phi) is 5.55. The summed E-state index contributed by atoms with van der Waals surface area (Å²) in [5, 5.41) is 9.03. The number of carbonyl (C=O) groups is 2. The van der Waals surface area contributed by atoms with Crippen LogP contribution in [0.15, 0.2) is 60.9 Å². The molecule has 8 heteroatoms. The normalized spacial score (nSPS) is 11.6. The maximum Gasteiger partial charge on any atom is 0.316 e. The number of anilines is 1. The minimum absolute atomic E-state index is 0.0421. The van der Waals surface area contributed by atoms with Gasteiger partial charge in [0, 0.05) is 0 Å². The molecule has 2 aromatic carbocycles. The molecule has 3 aromatic rings. The van der Waals surface area contributed by atoms with E-state index in [1.165, 1.54) is 18.5 Å². The van der Waals surface area contributed by atoms with Gasteiger partial charge in [-0.2, -0.15) is 0 Å². The van der Waals surface area contributed by atoms with E-state index in [-0.39, 0.29) is 11.8 Å². The predicted molar refractivity (Wildman–Crippen MR) is 97.2 cm³/mol. The van der Waals surface area contributed by atoms with Gasteiger partial charge in [-0.25, -0.2) is 14.1 Å². The quantitative estimate of drug-likeness (QED) is 0.677. The molecule has 0 saturated carbocycles. The number of halogens is 1. The number of hydrogen-bond donors (Lipinski definition) is 2. The van der Waals surface area contributed by atoms with Crippen molar-refractivity contribution < 1.29 is 14.0 Å². The van der Waals surface area contributed by atoms with Crippen molar-refractivity contribution in [1.82, 2.24) is 20.1 Å². The largest absolute Gasteiger partial charge is 0.341 e. The number of amides is 2. The molecule has 0 bridgehead atoms. The zero-order valence-electron chi connectivity index (χ0n) is 14.6. The average Bonchev–Trinajstić information content (AvgIpc) is 3.09. The van der Waals surface area contributed by atoms with Gasteiger partial charge in [0.15, 0.2) is 0 Å². The van der Waals surface area contributed by atoms with Crippen LogP contribution in [0.3, 0.4) is 0 Å². The molecule has 7 nitrogen and oxygen atoms in total. The standard InChI is InChI=1S/C19H18FN5O2/c1-13(15-7-9-16(20)10-8-15)22-17(26)18(27)23-19-21-12-25(24-19)11-14-5-3-2-4-6-14/h2-10,12-13H,11H2,1H3,(H,22,26)(H,23,24,27)/t13-/m0/s1. The van der Waals surface area contributed by atoms with Gasteiger partial charge in [-0.05, 0) is 30.2 Å². The minimum Gasteiger partial charge on any atom is -0.341 e.